The Morgan fingerprint density at radius 2 is 1.50 bits per heavy atom. The van der Waals surface area contributed by atoms with Crippen LogP contribution in [-0.2, 0) is 9.59 Å². The standard InChI is InChI=1S/C14H26FNO3.Na/c1-2-16(12-14(18)19)13(17)10-8-6-4-3-5-7-9-11-15;/h2-12H2,1H3,(H,18,19);/q;+1/p-1. The molecule has 0 radical (unpaired) electrons. The van der Waals surface area contributed by atoms with E-state index in [0.29, 0.717) is 19.4 Å². The van der Waals surface area contributed by atoms with Crippen molar-refractivity contribution >= 4 is 11.9 Å². The normalized spacial score (nSPS) is 9.90. The van der Waals surface area contributed by atoms with Crippen LogP contribution in [0.4, 0.5) is 4.39 Å². The number of aliphatic carboxylic acids is 1. The summed E-state index contributed by atoms with van der Waals surface area (Å²) in [5.74, 6) is -1.34. The van der Waals surface area contributed by atoms with Crippen LogP contribution in [0, 0.1) is 0 Å². The van der Waals surface area contributed by atoms with Crippen molar-refractivity contribution in [2.75, 3.05) is 19.8 Å². The second-order valence-corrected chi connectivity index (χ2v) is 4.69. The van der Waals surface area contributed by atoms with E-state index in [0.717, 1.165) is 38.5 Å². The second kappa shape index (κ2) is 15.3. The van der Waals surface area contributed by atoms with Crippen LogP contribution in [0.1, 0.15) is 58.3 Å². The number of unbranched alkanes of at least 4 members (excludes halogenated alkanes) is 6. The van der Waals surface area contributed by atoms with Gasteiger partial charge in [0.05, 0.1) is 19.2 Å². The number of carboxylic acids is 1. The molecule has 0 aliphatic carbocycles. The fraction of sp³-hybridized carbons (Fsp3) is 0.857. The number of alkyl halides is 1. The van der Waals surface area contributed by atoms with Crippen molar-refractivity contribution in [2.45, 2.75) is 58.3 Å². The Balaban J connectivity index is 0. The minimum atomic E-state index is -1.22. The van der Waals surface area contributed by atoms with Crippen molar-refractivity contribution < 1.29 is 48.6 Å². The molecule has 0 unspecified atom stereocenters. The summed E-state index contributed by atoms with van der Waals surface area (Å²) in [5, 5.41) is 10.4. The first-order chi connectivity index (χ1) is 9.11. The zero-order valence-corrected chi connectivity index (χ0v) is 14.8. The van der Waals surface area contributed by atoms with Crippen LogP contribution in [0.5, 0.6) is 0 Å². The van der Waals surface area contributed by atoms with E-state index in [2.05, 4.69) is 0 Å². The van der Waals surface area contributed by atoms with Crippen LogP contribution in [0.25, 0.3) is 0 Å². The molecule has 0 saturated heterocycles. The summed E-state index contributed by atoms with van der Waals surface area (Å²) in [4.78, 5) is 23.4. The van der Waals surface area contributed by atoms with Gasteiger partial charge in [0.2, 0.25) is 5.91 Å². The maximum Gasteiger partial charge on any atom is 1.00 e. The fourth-order valence-corrected chi connectivity index (χ4v) is 1.94. The third kappa shape index (κ3) is 12.9. The first-order valence-corrected chi connectivity index (χ1v) is 7.15. The molecule has 1 amide bonds. The van der Waals surface area contributed by atoms with Gasteiger partial charge in [0, 0.05) is 13.0 Å². The van der Waals surface area contributed by atoms with E-state index in [9.17, 15) is 19.1 Å². The molecule has 0 aromatic heterocycles. The van der Waals surface area contributed by atoms with Crippen LogP contribution >= 0.6 is 0 Å². The number of carboxylic acid groups (broad SMARTS) is 1. The molecule has 112 valence electrons. The van der Waals surface area contributed by atoms with E-state index in [1.807, 2.05) is 0 Å². The second-order valence-electron chi connectivity index (χ2n) is 4.69. The largest absolute Gasteiger partial charge is 1.00 e. The number of likely N-dealkylation sites (N-methyl/N-ethyl adjacent to an activating group) is 1. The monoisotopic (exact) mass is 297 g/mol. The summed E-state index contributed by atoms with van der Waals surface area (Å²) in [5.41, 5.74) is 0. The minimum Gasteiger partial charge on any atom is -0.548 e. The number of rotatable bonds is 12. The van der Waals surface area contributed by atoms with Gasteiger partial charge in [0.15, 0.2) is 0 Å². The summed E-state index contributed by atoms with van der Waals surface area (Å²) in [6.45, 7) is 1.60. The molecule has 20 heavy (non-hydrogen) atoms. The van der Waals surface area contributed by atoms with Gasteiger partial charge in [0.25, 0.3) is 0 Å². The predicted octanol–water partition coefficient (Wildman–Crippen LogP) is -1.32. The maximum absolute atomic E-state index is 11.8. The van der Waals surface area contributed by atoms with Crippen molar-refractivity contribution in [3.05, 3.63) is 0 Å². The number of amides is 1. The average molecular weight is 297 g/mol. The molecule has 0 fully saturated rings. The van der Waals surface area contributed by atoms with E-state index in [1.54, 1.807) is 6.92 Å². The molecule has 0 spiro atoms. The molecule has 0 saturated carbocycles. The summed E-state index contributed by atoms with van der Waals surface area (Å²) in [6, 6.07) is 0. The number of hydrogen-bond acceptors (Lipinski definition) is 3. The van der Waals surface area contributed by atoms with Crippen LogP contribution in [0.3, 0.4) is 0 Å². The molecule has 0 rings (SSSR count). The van der Waals surface area contributed by atoms with Crippen LogP contribution in [0.2, 0.25) is 0 Å². The molecule has 6 heteroatoms. The molecular formula is C14H25FNNaO3. The smallest absolute Gasteiger partial charge is 0.548 e. The Morgan fingerprint density at radius 3 is 1.95 bits per heavy atom. The number of nitrogens with zero attached hydrogens (tertiary/aromatic N) is 1. The SMILES string of the molecule is CCN(CC(=O)[O-])C(=O)CCCCCCCCCF.[Na+]. The Morgan fingerprint density at radius 1 is 1.00 bits per heavy atom. The first-order valence-electron chi connectivity index (χ1n) is 7.15. The van der Waals surface area contributed by atoms with E-state index in [-0.39, 0.29) is 48.7 Å². The Hall–Kier alpha value is -0.130. The molecule has 0 N–H and O–H groups in total. The third-order valence-corrected chi connectivity index (χ3v) is 3.08. The molecule has 0 bridgehead atoms. The van der Waals surface area contributed by atoms with Crippen molar-refractivity contribution in [1.82, 2.24) is 4.90 Å². The molecule has 4 nitrogen and oxygen atoms in total. The number of carbonyl (C=O) groups is 2. The van der Waals surface area contributed by atoms with Gasteiger partial charge in [-0.25, -0.2) is 0 Å². The summed E-state index contributed by atoms with van der Waals surface area (Å²) in [6.07, 6.45) is 6.89. The molecule has 0 heterocycles. The first kappa shape index (κ1) is 22.2. The van der Waals surface area contributed by atoms with Crippen molar-refractivity contribution in [3.63, 3.8) is 0 Å². The average Bonchev–Trinajstić information content (AvgIpc) is 2.38. The molecule has 0 atom stereocenters. The van der Waals surface area contributed by atoms with E-state index in [1.165, 1.54) is 4.90 Å². The molecule has 0 aliphatic rings. The molecule has 0 aliphatic heterocycles. The van der Waals surface area contributed by atoms with Crippen molar-refractivity contribution in [3.8, 4) is 0 Å². The van der Waals surface area contributed by atoms with Gasteiger partial charge in [-0.15, -0.1) is 0 Å². The van der Waals surface area contributed by atoms with Gasteiger partial charge in [0.1, 0.15) is 0 Å². The van der Waals surface area contributed by atoms with Crippen molar-refractivity contribution in [1.29, 1.82) is 0 Å². The van der Waals surface area contributed by atoms with E-state index >= 15 is 0 Å². The minimum absolute atomic E-state index is 0. The van der Waals surface area contributed by atoms with Crippen LogP contribution in [0.15, 0.2) is 0 Å². The van der Waals surface area contributed by atoms with Gasteiger partial charge in [-0.05, 0) is 19.8 Å². The van der Waals surface area contributed by atoms with Gasteiger partial charge < -0.3 is 14.8 Å². The van der Waals surface area contributed by atoms with Gasteiger partial charge in [-0.2, -0.15) is 0 Å². The topological polar surface area (TPSA) is 60.4 Å². The zero-order valence-electron chi connectivity index (χ0n) is 12.8. The summed E-state index contributed by atoms with van der Waals surface area (Å²) >= 11 is 0. The quantitative estimate of drug-likeness (QED) is 0.332. The predicted molar refractivity (Wildman–Crippen MR) is 70.2 cm³/mol. The number of hydrogen-bond donors (Lipinski definition) is 0. The molecule has 0 aromatic carbocycles. The fourth-order valence-electron chi connectivity index (χ4n) is 1.94. The maximum atomic E-state index is 11.8. The Labute approximate surface area is 143 Å². The van der Waals surface area contributed by atoms with E-state index < -0.39 is 5.97 Å². The van der Waals surface area contributed by atoms with E-state index in [4.69, 9.17) is 0 Å². The Bertz CT molecular complexity index is 265. The van der Waals surface area contributed by atoms with Gasteiger partial charge >= 0.3 is 29.6 Å². The van der Waals surface area contributed by atoms with Crippen LogP contribution < -0.4 is 34.7 Å². The summed E-state index contributed by atoms with van der Waals surface area (Å²) < 4.78 is 11.8. The summed E-state index contributed by atoms with van der Waals surface area (Å²) in [7, 11) is 0. The Kier molecular flexibility index (Phi) is 16.9. The number of carbonyl (C=O) groups excluding carboxylic acids is 2. The third-order valence-electron chi connectivity index (χ3n) is 3.08. The number of halogens is 1. The van der Waals surface area contributed by atoms with Crippen LogP contribution in [-0.4, -0.2) is 36.5 Å². The zero-order chi connectivity index (χ0) is 14.5. The molecule has 0 aromatic rings. The molecular weight excluding hydrogens is 272 g/mol. The van der Waals surface area contributed by atoms with Crippen molar-refractivity contribution in [2.24, 2.45) is 0 Å². The van der Waals surface area contributed by atoms with Gasteiger partial charge in [-0.3, -0.25) is 9.18 Å². The van der Waals surface area contributed by atoms with Gasteiger partial charge in [-0.1, -0.05) is 32.1 Å².